The number of nitrogens with one attached hydrogen (secondary N) is 2. The predicted molar refractivity (Wildman–Crippen MR) is 86.9 cm³/mol. The van der Waals surface area contributed by atoms with Gasteiger partial charge in [0, 0.05) is 12.6 Å². The molecule has 3 rings (SSSR count). The molecule has 122 valence electrons. The molecule has 1 amide bonds. The van der Waals surface area contributed by atoms with Crippen molar-refractivity contribution in [1.82, 2.24) is 20.0 Å². The van der Waals surface area contributed by atoms with E-state index < -0.39 is 11.9 Å². The van der Waals surface area contributed by atoms with Crippen LogP contribution in [0.4, 0.5) is 5.69 Å². The minimum absolute atomic E-state index is 0.0957. The third kappa shape index (κ3) is 2.89. The lowest BCUT2D eigenvalue weighted by molar-refractivity contribution is 0.0686. The van der Waals surface area contributed by atoms with Crippen molar-refractivity contribution in [3.8, 4) is 11.3 Å². The molecule has 1 aromatic carbocycles. The fraction of sp³-hybridized carbons (Fsp3) is 0.125. The third-order valence-corrected chi connectivity index (χ3v) is 3.56. The Hall–Kier alpha value is -3.42. The number of anilines is 1. The zero-order valence-electron chi connectivity index (χ0n) is 13.1. The first-order chi connectivity index (χ1) is 11.5. The lowest BCUT2D eigenvalue weighted by Gasteiger charge is -2.02. The molecular weight excluding hydrogens is 310 g/mol. The first kappa shape index (κ1) is 15.5. The number of aryl methyl sites for hydroxylation is 2. The van der Waals surface area contributed by atoms with Crippen LogP contribution in [-0.2, 0) is 7.05 Å². The van der Waals surface area contributed by atoms with Crippen LogP contribution in [0.3, 0.4) is 0 Å². The summed E-state index contributed by atoms with van der Waals surface area (Å²) >= 11 is 0. The number of carboxylic acid groups (broad SMARTS) is 1. The number of nitrogens with zero attached hydrogens (tertiary/aromatic N) is 3. The molecule has 0 spiro atoms. The van der Waals surface area contributed by atoms with Gasteiger partial charge in [0.2, 0.25) is 0 Å². The second-order valence-corrected chi connectivity index (χ2v) is 5.32. The van der Waals surface area contributed by atoms with Gasteiger partial charge in [0.05, 0.1) is 17.6 Å². The van der Waals surface area contributed by atoms with Crippen molar-refractivity contribution < 1.29 is 14.7 Å². The van der Waals surface area contributed by atoms with E-state index in [4.69, 9.17) is 5.11 Å². The number of carboxylic acids is 1. The van der Waals surface area contributed by atoms with Gasteiger partial charge >= 0.3 is 5.97 Å². The number of carbonyl (C=O) groups excluding carboxylic acids is 1. The largest absolute Gasteiger partial charge is 0.476 e. The van der Waals surface area contributed by atoms with Crippen LogP contribution in [0.5, 0.6) is 0 Å². The average molecular weight is 325 g/mol. The molecule has 0 aliphatic heterocycles. The standard InChI is InChI=1S/C16H15N5O3/c1-9-3-5-10(6-4-9)11-7-12(20-19-11)15(22)18-13-8-17-21(2)14(13)16(23)24/h3-8H,1-2H3,(H,18,22)(H,19,20)(H,23,24). The number of hydrogen-bond acceptors (Lipinski definition) is 4. The van der Waals surface area contributed by atoms with Crippen LogP contribution in [0.25, 0.3) is 11.3 Å². The topological polar surface area (TPSA) is 113 Å². The van der Waals surface area contributed by atoms with E-state index in [1.54, 1.807) is 6.07 Å². The van der Waals surface area contributed by atoms with Gasteiger partial charge in [-0.25, -0.2) is 4.79 Å². The summed E-state index contributed by atoms with van der Waals surface area (Å²) in [7, 11) is 1.49. The van der Waals surface area contributed by atoms with E-state index in [1.165, 1.54) is 17.9 Å². The van der Waals surface area contributed by atoms with Gasteiger partial charge in [0.1, 0.15) is 5.69 Å². The zero-order valence-corrected chi connectivity index (χ0v) is 13.1. The van der Waals surface area contributed by atoms with Crippen LogP contribution in [0.2, 0.25) is 0 Å². The van der Waals surface area contributed by atoms with E-state index in [0.717, 1.165) is 11.1 Å². The van der Waals surface area contributed by atoms with Crippen molar-refractivity contribution >= 4 is 17.6 Å². The van der Waals surface area contributed by atoms with Crippen LogP contribution < -0.4 is 5.32 Å². The van der Waals surface area contributed by atoms with Crippen LogP contribution >= 0.6 is 0 Å². The number of hydrogen-bond donors (Lipinski definition) is 3. The second kappa shape index (κ2) is 5.99. The van der Waals surface area contributed by atoms with E-state index in [9.17, 15) is 9.59 Å². The average Bonchev–Trinajstić information content (AvgIpc) is 3.15. The van der Waals surface area contributed by atoms with Gasteiger partial charge in [-0.05, 0) is 13.0 Å². The highest BCUT2D eigenvalue weighted by atomic mass is 16.4. The maximum atomic E-state index is 12.3. The summed E-state index contributed by atoms with van der Waals surface area (Å²) in [6.07, 6.45) is 1.29. The van der Waals surface area contributed by atoms with Gasteiger partial charge in [-0.15, -0.1) is 0 Å². The summed E-state index contributed by atoms with van der Waals surface area (Å²) in [5.41, 5.74) is 2.90. The highest BCUT2D eigenvalue weighted by Gasteiger charge is 2.19. The molecule has 2 heterocycles. The molecule has 2 aromatic heterocycles. The maximum Gasteiger partial charge on any atom is 0.356 e. The normalized spacial score (nSPS) is 10.6. The van der Waals surface area contributed by atoms with Crippen molar-refractivity contribution in [2.24, 2.45) is 7.05 Å². The Morgan fingerprint density at radius 1 is 1.25 bits per heavy atom. The molecular formula is C16H15N5O3. The van der Waals surface area contributed by atoms with E-state index in [0.29, 0.717) is 5.69 Å². The molecule has 0 bridgehead atoms. The summed E-state index contributed by atoms with van der Waals surface area (Å²) in [6, 6.07) is 9.35. The molecule has 0 radical (unpaired) electrons. The first-order valence-electron chi connectivity index (χ1n) is 7.15. The number of benzene rings is 1. The fourth-order valence-corrected chi connectivity index (χ4v) is 2.28. The fourth-order valence-electron chi connectivity index (χ4n) is 2.28. The Morgan fingerprint density at radius 3 is 2.62 bits per heavy atom. The minimum Gasteiger partial charge on any atom is -0.476 e. The third-order valence-electron chi connectivity index (χ3n) is 3.56. The summed E-state index contributed by atoms with van der Waals surface area (Å²) in [6.45, 7) is 1.99. The predicted octanol–water partition coefficient (Wildman–Crippen LogP) is 2.07. The number of aromatic carboxylic acids is 1. The van der Waals surface area contributed by atoms with Crippen molar-refractivity contribution in [3.63, 3.8) is 0 Å². The summed E-state index contributed by atoms with van der Waals surface area (Å²) in [4.78, 5) is 23.5. The maximum absolute atomic E-state index is 12.3. The van der Waals surface area contributed by atoms with Gasteiger partial charge in [-0.1, -0.05) is 29.8 Å². The van der Waals surface area contributed by atoms with Gasteiger partial charge < -0.3 is 10.4 Å². The number of H-pyrrole nitrogens is 1. The zero-order chi connectivity index (χ0) is 17.3. The molecule has 0 aliphatic carbocycles. The number of aromatic nitrogens is 4. The van der Waals surface area contributed by atoms with E-state index in [2.05, 4.69) is 20.6 Å². The van der Waals surface area contributed by atoms with Gasteiger partial charge in [0.15, 0.2) is 5.69 Å². The van der Waals surface area contributed by atoms with Crippen LogP contribution in [-0.4, -0.2) is 37.0 Å². The monoisotopic (exact) mass is 325 g/mol. The highest BCUT2D eigenvalue weighted by molar-refractivity contribution is 6.06. The summed E-state index contributed by atoms with van der Waals surface area (Å²) in [5, 5.41) is 22.3. The Morgan fingerprint density at radius 2 is 1.96 bits per heavy atom. The second-order valence-electron chi connectivity index (χ2n) is 5.32. The number of amides is 1. The molecule has 3 aromatic rings. The summed E-state index contributed by atoms with van der Waals surface area (Å²) < 4.78 is 1.18. The molecule has 0 fully saturated rings. The van der Waals surface area contributed by atoms with Crippen LogP contribution in [0, 0.1) is 6.92 Å². The summed E-state index contributed by atoms with van der Waals surface area (Å²) in [5.74, 6) is -1.66. The SMILES string of the molecule is Cc1ccc(-c2cc(C(=O)Nc3cnn(C)c3C(=O)O)[nH]n2)cc1. The van der Waals surface area contributed by atoms with E-state index in [-0.39, 0.29) is 17.1 Å². The van der Waals surface area contributed by atoms with Crippen molar-refractivity contribution in [2.75, 3.05) is 5.32 Å². The van der Waals surface area contributed by atoms with Gasteiger partial charge in [0.25, 0.3) is 5.91 Å². The van der Waals surface area contributed by atoms with E-state index in [1.807, 2.05) is 31.2 Å². The molecule has 8 nitrogen and oxygen atoms in total. The molecule has 0 atom stereocenters. The van der Waals surface area contributed by atoms with Crippen molar-refractivity contribution in [1.29, 1.82) is 0 Å². The molecule has 0 saturated heterocycles. The Balaban J connectivity index is 1.82. The first-order valence-corrected chi connectivity index (χ1v) is 7.15. The smallest absolute Gasteiger partial charge is 0.356 e. The molecule has 8 heteroatoms. The molecule has 24 heavy (non-hydrogen) atoms. The Bertz CT molecular complexity index is 908. The van der Waals surface area contributed by atoms with Crippen LogP contribution in [0.1, 0.15) is 26.5 Å². The van der Waals surface area contributed by atoms with Gasteiger partial charge in [-0.3, -0.25) is 14.6 Å². The molecule has 0 aliphatic rings. The van der Waals surface area contributed by atoms with Gasteiger partial charge in [-0.2, -0.15) is 10.2 Å². The molecule has 3 N–H and O–H groups in total. The molecule has 0 unspecified atom stereocenters. The van der Waals surface area contributed by atoms with Crippen LogP contribution in [0.15, 0.2) is 36.5 Å². The van der Waals surface area contributed by atoms with Crippen molar-refractivity contribution in [2.45, 2.75) is 6.92 Å². The highest BCUT2D eigenvalue weighted by Crippen LogP contribution is 2.19. The molecule has 0 saturated carbocycles. The number of aromatic amines is 1. The Labute approximate surface area is 137 Å². The number of carbonyl (C=O) groups is 2. The Kier molecular flexibility index (Phi) is 3.87. The lowest BCUT2D eigenvalue weighted by atomic mass is 10.1. The quantitative estimate of drug-likeness (QED) is 0.679. The number of rotatable bonds is 4. The lowest BCUT2D eigenvalue weighted by Crippen LogP contribution is -2.15. The minimum atomic E-state index is -1.17. The van der Waals surface area contributed by atoms with E-state index >= 15 is 0 Å². The van der Waals surface area contributed by atoms with Crippen molar-refractivity contribution in [3.05, 3.63) is 53.5 Å².